The predicted molar refractivity (Wildman–Crippen MR) is 54.4 cm³/mol. The van der Waals surface area contributed by atoms with E-state index in [2.05, 4.69) is 23.1 Å². The lowest BCUT2D eigenvalue weighted by atomic mass is 10.1. The molecule has 1 saturated heterocycles. The summed E-state index contributed by atoms with van der Waals surface area (Å²) in [6.45, 7) is 3.62. The van der Waals surface area contributed by atoms with Crippen molar-refractivity contribution in [1.29, 1.82) is 0 Å². The van der Waals surface area contributed by atoms with E-state index in [1.165, 1.54) is 37.9 Å². The summed E-state index contributed by atoms with van der Waals surface area (Å²) in [4.78, 5) is 2.52. The quantitative estimate of drug-likeness (QED) is 0.665. The minimum atomic E-state index is 1.08. The van der Waals surface area contributed by atoms with E-state index in [0.717, 1.165) is 6.54 Å². The van der Waals surface area contributed by atoms with Crippen molar-refractivity contribution in [3.05, 3.63) is 35.9 Å². The minimum absolute atomic E-state index is 1.08. The second-order valence-electron chi connectivity index (χ2n) is 3.72. The highest BCUT2D eigenvalue weighted by molar-refractivity contribution is 5.12. The highest BCUT2D eigenvalue weighted by atomic mass is 15.1. The summed E-state index contributed by atoms with van der Waals surface area (Å²) in [5.41, 5.74) is 1.32. The van der Waals surface area contributed by atoms with Gasteiger partial charge in [0.2, 0.25) is 0 Å². The van der Waals surface area contributed by atoms with Crippen LogP contribution in [0, 0.1) is 6.07 Å². The Bertz CT molecular complexity index is 237. The molecular weight excluding hydrogens is 158 g/mol. The van der Waals surface area contributed by atoms with E-state index >= 15 is 0 Å². The van der Waals surface area contributed by atoms with Gasteiger partial charge in [0, 0.05) is 6.54 Å². The molecule has 69 valence electrons. The Balaban J connectivity index is 1.90. The molecule has 0 spiro atoms. The summed E-state index contributed by atoms with van der Waals surface area (Å²) >= 11 is 0. The maximum Gasteiger partial charge on any atom is 0.0239 e. The van der Waals surface area contributed by atoms with E-state index in [4.69, 9.17) is 0 Å². The molecule has 1 nitrogen and oxygen atoms in total. The average molecular weight is 174 g/mol. The number of likely N-dealkylation sites (tertiary alicyclic amines) is 1. The van der Waals surface area contributed by atoms with Gasteiger partial charge in [0.25, 0.3) is 0 Å². The van der Waals surface area contributed by atoms with E-state index < -0.39 is 0 Å². The fourth-order valence-electron chi connectivity index (χ4n) is 1.89. The molecule has 1 aliphatic heterocycles. The minimum Gasteiger partial charge on any atom is -0.299 e. The number of nitrogens with zero attached hydrogens (tertiary/aromatic N) is 1. The van der Waals surface area contributed by atoms with Gasteiger partial charge in [-0.1, -0.05) is 30.7 Å². The molecule has 1 heteroatoms. The van der Waals surface area contributed by atoms with E-state index in [-0.39, 0.29) is 0 Å². The zero-order valence-electron chi connectivity index (χ0n) is 8.00. The van der Waals surface area contributed by atoms with Crippen molar-refractivity contribution in [2.75, 3.05) is 13.1 Å². The lowest BCUT2D eigenvalue weighted by Gasteiger charge is -2.26. The van der Waals surface area contributed by atoms with Crippen LogP contribution in [0.2, 0.25) is 0 Å². The van der Waals surface area contributed by atoms with Gasteiger partial charge in [0.05, 0.1) is 0 Å². The molecule has 0 amide bonds. The first-order valence-corrected chi connectivity index (χ1v) is 5.13. The molecule has 1 aromatic carbocycles. The molecule has 0 aliphatic carbocycles. The highest BCUT2D eigenvalue weighted by Gasteiger charge is 2.09. The largest absolute Gasteiger partial charge is 0.299 e. The third-order valence-electron chi connectivity index (χ3n) is 2.62. The van der Waals surface area contributed by atoms with Gasteiger partial charge in [0.15, 0.2) is 0 Å². The SMILES string of the molecule is [c]1ccccc1CN1CCCCC1. The van der Waals surface area contributed by atoms with Crippen molar-refractivity contribution in [2.24, 2.45) is 0 Å². The Kier molecular flexibility index (Phi) is 2.98. The molecule has 0 N–H and O–H groups in total. The van der Waals surface area contributed by atoms with E-state index in [1.54, 1.807) is 0 Å². The Morgan fingerprint density at radius 1 is 1.15 bits per heavy atom. The number of piperidine rings is 1. The normalized spacial score (nSPS) is 18.8. The number of benzene rings is 1. The van der Waals surface area contributed by atoms with Crippen molar-refractivity contribution in [3.8, 4) is 0 Å². The summed E-state index contributed by atoms with van der Waals surface area (Å²) in [5.74, 6) is 0. The van der Waals surface area contributed by atoms with E-state index in [1.807, 2.05) is 12.1 Å². The van der Waals surface area contributed by atoms with Gasteiger partial charge >= 0.3 is 0 Å². The standard InChI is InChI=1S/C12H16N/c1-3-7-12(8-4-1)11-13-9-5-2-6-10-13/h1,3-4,7H,2,5-6,9-11H2. The molecule has 1 radical (unpaired) electrons. The summed E-state index contributed by atoms with van der Waals surface area (Å²) in [6.07, 6.45) is 4.15. The second-order valence-corrected chi connectivity index (χ2v) is 3.72. The van der Waals surface area contributed by atoms with Crippen LogP contribution >= 0.6 is 0 Å². The summed E-state index contributed by atoms with van der Waals surface area (Å²) < 4.78 is 0. The average Bonchev–Trinajstić information content (AvgIpc) is 2.21. The van der Waals surface area contributed by atoms with Crippen LogP contribution in [0.25, 0.3) is 0 Å². The first-order valence-electron chi connectivity index (χ1n) is 5.13. The van der Waals surface area contributed by atoms with Crippen LogP contribution in [-0.2, 0) is 6.54 Å². The van der Waals surface area contributed by atoms with Crippen molar-refractivity contribution < 1.29 is 0 Å². The molecule has 0 aromatic heterocycles. The number of hydrogen-bond donors (Lipinski definition) is 0. The van der Waals surface area contributed by atoms with Crippen LogP contribution in [0.15, 0.2) is 24.3 Å². The van der Waals surface area contributed by atoms with Crippen LogP contribution < -0.4 is 0 Å². The molecule has 0 atom stereocenters. The molecule has 1 aliphatic rings. The van der Waals surface area contributed by atoms with Crippen LogP contribution in [0.4, 0.5) is 0 Å². The van der Waals surface area contributed by atoms with Crippen LogP contribution in [0.1, 0.15) is 24.8 Å². The van der Waals surface area contributed by atoms with Gasteiger partial charge in [0.1, 0.15) is 0 Å². The second kappa shape index (κ2) is 4.43. The molecule has 0 unspecified atom stereocenters. The van der Waals surface area contributed by atoms with Gasteiger partial charge in [-0.2, -0.15) is 0 Å². The molecular formula is C12H16N. The van der Waals surface area contributed by atoms with Gasteiger partial charge in [-0.05, 0) is 37.6 Å². The molecule has 1 fully saturated rings. The monoisotopic (exact) mass is 174 g/mol. The van der Waals surface area contributed by atoms with Crippen LogP contribution in [0.3, 0.4) is 0 Å². The van der Waals surface area contributed by atoms with Gasteiger partial charge in [-0.15, -0.1) is 0 Å². The fourth-order valence-corrected chi connectivity index (χ4v) is 1.89. The molecule has 0 saturated carbocycles. The lowest BCUT2D eigenvalue weighted by Crippen LogP contribution is -2.29. The van der Waals surface area contributed by atoms with Crippen LogP contribution in [0.5, 0.6) is 0 Å². The number of rotatable bonds is 2. The Hall–Kier alpha value is -0.820. The predicted octanol–water partition coefficient (Wildman–Crippen LogP) is 2.47. The number of hydrogen-bond acceptors (Lipinski definition) is 1. The van der Waals surface area contributed by atoms with Crippen molar-refractivity contribution in [2.45, 2.75) is 25.8 Å². The van der Waals surface area contributed by atoms with Crippen LogP contribution in [-0.4, -0.2) is 18.0 Å². The zero-order chi connectivity index (χ0) is 8.93. The first kappa shape index (κ1) is 8.76. The van der Waals surface area contributed by atoms with E-state index in [0.29, 0.717) is 0 Å². The molecule has 13 heavy (non-hydrogen) atoms. The summed E-state index contributed by atoms with van der Waals surface area (Å²) in [7, 11) is 0. The van der Waals surface area contributed by atoms with Crippen molar-refractivity contribution in [1.82, 2.24) is 4.90 Å². The Morgan fingerprint density at radius 3 is 2.69 bits per heavy atom. The molecule has 2 rings (SSSR count). The summed E-state index contributed by atoms with van der Waals surface area (Å²) in [6, 6.07) is 11.6. The van der Waals surface area contributed by atoms with Gasteiger partial charge in [-0.25, -0.2) is 0 Å². The lowest BCUT2D eigenvalue weighted by molar-refractivity contribution is 0.221. The fraction of sp³-hybridized carbons (Fsp3) is 0.500. The molecule has 1 aromatic rings. The highest BCUT2D eigenvalue weighted by Crippen LogP contribution is 2.11. The molecule has 0 bridgehead atoms. The maximum atomic E-state index is 3.27. The third kappa shape index (κ3) is 2.56. The first-order chi connectivity index (χ1) is 6.45. The van der Waals surface area contributed by atoms with Crippen molar-refractivity contribution in [3.63, 3.8) is 0 Å². The van der Waals surface area contributed by atoms with E-state index in [9.17, 15) is 0 Å². The smallest absolute Gasteiger partial charge is 0.0239 e. The van der Waals surface area contributed by atoms with Crippen molar-refractivity contribution >= 4 is 0 Å². The van der Waals surface area contributed by atoms with Gasteiger partial charge in [-0.3, -0.25) is 4.90 Å². The Labute approximate surface area is 80.4 Å². The maximum absolute atomic E-state index is 3.27. The third-order valence-corrected chi connectivity index (χ3v) is 2.62. The topological polar surface area (TPSA) is 3.24 Å². The Morgan fingerprint density at radius 2 is 2.00 bits per heavy atom. The molecule has 1 heterocycles. The van der Waals surface area contributed by atoms with Gasteiger partial charge < -0.3 is 0 Å². The summed E-state index contributed by atoms with van der Waals surface area (Å²) in [5, 5.41) is 0. The zero-order valence-corrected chi connectivity index (χ0v) is 8.00.